The third kappa shape index (κ3) is 5.28. The van der Waals surface area contributed by atoms with E-state index in [2.05, 4.69) is 5.32 Å². The first-order valence-corrected chi connectivity index (χ1v) is 15.7. The largest absolute Gasteiger partial charge is 0.326 e. The molecule has 0 aliphatic carbocycles. The van der Waals surface area contributed by atoms with Crippen molar-refractivity contribution in [2.24, 2.45) is 5.92 Å². The minimum absolute atomic E-state index is 0.0544. The van der Waals surface area contributed by atoms with Gasteiger partial charge in [0.2, 0.25) is 15.9 Å². The van der Waals surface area contributed by atoms with E-state index in [0.29, 0.717) is 47.2 Å². The van der Waals surface area contributed by atoms with Crippen molar-refractivity contribution < 1.29 is 21.6 Å². The molecule has 0 spiro atoms. The Kier molecular flexibility index (Phi) is 7.45. The highest BCUT2D eigenvalue weighted by Gasteiger charge is 2.34. The van der Waals surface area contributed by atoms with E-state index in [1.54, 1.807) is 18.2 Å². The summed E-state index contributed by atoms with van der Waals surface area (Å²) < 4.78 is 55.4. The third-order valence-corrected chi connectivity index (χ3v) is 11.0. The zero-order valence-electron chi connectivity index (χ0n) is 20.2. The van der Waals surface area contributed by atoms with Crippen molar-refractivity contribution in [1.82, 2.24) is 4.31 Å². The van der Waals surface area contributed by atoms with Crippen molar-refractivity contribution in [3.8, 4) is 0 Å². The first-order chi connectivity index (χ1) is 18.1. The molecule has 1 saturated heterocycles. The standard InChI is InChI=1S/C26H25Cl2N3O5S2/c27-20-4-9-23(10-5-20)37(33,34)30-14-1-2-19(17-30)26(32)29-22-8-3-18-13-15-31(25(18)16-22)38(35,36)24-11-6-21(28)7-12-24/h3-12,16,19H,1-2,13-15,17H2,(H,29,32)/t19-/m0/s1. The van der Waals surface area contributed by atoms with Crippen LogP contribution in [0.4, 0.5) is 11.4 Å². The van der Waals surface area contributed by atoms with E-state index in [0.717, 1.165) is 5.56 Å². The molecule has 200 valence electrons. The Morgan fingerprint density at radius 2 is 1.42 bits per heavy atom. The highest BCUT2D eigenvalue weighted by molar-refractivity contribution is 7.92. The van der Waals surface area contributed by atoms with Crippen molar-refractivity contribution in [1.29, 1.82) is 0 Å². The number of anilines is 2. The summed E-state index contributed by atoms with van der Waals surface area (Å²) in [6.07, 6.45) is 1.64. The average Bonchev–Trinajstić information content (AvgIpc) is 3.33. The maximum atomic E-state index is 13.3. The highest BCUT2D eigenvalue weighted by atomic mass is 35.5. The molecular weight excluding hydrogens is 569 g/mol. The summed E-state index contributed by atoms with van der Waals surface area (Å²) in [4.78, 5) is 13.4. The van der Waals surface area contributed by atoms with E-state index in [1.165, 1.54) is 57.1 Å². The van der Waals surface area contributed by atoms with Gasteiger partial charge in [0.05, 0.1) is 21.4 Å². The molecule has 12 heteroatoms. The Morgan fingerprint density at radius 1 is 0.816 bits per heavy atom. The minimum atomic E-state index is -3.81. The molecule has 1 atom stereocenters. The molecule has 0 bridgehead atoms. The summed E-state index contributed by atoms with van der Waals surface area (Å²) in [6, 6.07) is 17.1. The number of fused-ring (bicyclic) bond motifs is 1. The fourth-order valence-corrected chi connectivity index (χ4v) is 8.06. The smallest absolute Gasteiger partial charge is 0.264 e. The van der Waals surface area contributed by atoms with E-state index < -0.39 is 26.0 Å². The van der Waals surface area contributed by atoms with Gasteiger partial charge in [-0.05, 0) is 85.5 Å². The Balaban J connectivity index is 1.32. The molecule has 3 aromatic rings. The number of hydrogen-bond acceptors (Lipinski definition) is 5. The second-order valence-corrected chi connectivity index (χ2v) is 13.9. The molecule has 1 N–H and O–H groups in total. The Hall–Kier alpha value is -2.63. The van der Waals surface area contributed by atoms with Gasteiger partial charge in [-0.1, -0.05) is 29.3 Å². The van der Waals surface area contributed by atoms with Gasteiger partial charge in [0, 0.05) is 35.4 Å². The van der Waals surface area contributed by atoms with Crippen LogP contribution >= 0.6 is 23.2 Å². The van der Waals surface area contributed by atoms with Crippen LogP contribution in [-0.2, 0) is 31.3 Å². The molecule has 2 heterocycles. The molecule has 0 unspecified atom stereocenters. The van der Waals surface area contributed by atoms with Crippen LogP contribution in [0.25, 0.3) is 0 Å². The number of carbonyl (C=O) groups is 1. The third-order valence-electron chi connectivity index (χ3n) is 6.81. The van der Waals surface area contributed by atoms with Crippen LogP contribution in [0, 0.1) is 5.92 Å². The number of rotatable bonds is 6. The minimum Gasteiger partial charge on any atom is -0.326 e. The summed E-state index contributed by atoms with van der Waals surface area (Å²) in [5.74, 6) is -0.862. The van der Waals surface area contributed by atoms with Gasteiger partial charge >= 0.3 is 0 Å². The number of nitrogens with zero attached hydrogens (tertiary/aromatic N) is 2. The molecule has 2 aliphatic heterocycles. The number of benzene rings is 3. The van der Waals surface area contributed by atoms with Crippen LogP contribution in [0.1, 0.15) is 18.4 Å². The molecule has 1 amide bonds. The molecule has 0 radical (unpaired) electrons. The van der Waals surface area contributed by atoms with E-state index in [-0.39, 0.29) is 28.8 Å². The van der Waals surface area contributed by atoms with Crippen molar-refractivity contribution in [2.45, 2.75) is 29.1 Å². The highest BCUT2D eigenvalue weighted by Crippen LogP contribution is 2.35. The molecule has 5 rings (SSSR count). The SMILES string of the molecule is O=C(Nc1ccc2c(c1)N(S(=O)(=O)c1ccc(Cl)cc1)CC2)[C@H]1CCCN(S(=O)(=O)c2ccc(Cl)cc2)C1. The predicted molar refractivity (Wildman–Crippen MR) is 148 cm³/mol. The maximum Gasteiger partial charge on any atom is 0.264 e. The summed E-state index contributed by atoms with van der Waals surface area (Å²) in [5.41, 5.74) is 1.82. The monoisotopic (exact) mass is 593 g/mol. The first kappa shape index (κ1) is 27.0. The Bertz CT molecular complexity index is 1580. The fourth-order valence-electron chi connectivity index (χ4n) is 4.79. The lowest BCUT2D eigenvalue weighted by atomic mass is 9.98. The first-order valence-electron chi connectivity index (χ1n) is 12.0. The lowest BCUT2D eigenvalue weighted by Crippen LogP contribution is -2.43. The number of amides is 1. The van der Waals surface area contributed by atoms with E-state index >= 15 is 0 Å². The van der Waals surface area contributed by atoms with Gasteiger partial charge in [-0.3, -0.25) is 9.10 Å². The second kappa shape index (κ2) is 10.5. The fraction of sp³-hybridized carbons (Fsp3) is 0.269. The summed E-state index contributed by atoms with van der Waals surface area (Å²) in [7, 11) is -7.57. The van der Waals surface area contributed by atoms with Crippen LogP contribution in [0.5, 0.6) is 0 Å². The number of hydrogen-bond donors (Lipinski definition) is 1. The summed E-state index contributed by atoms with van der Waals surface area (Å²) >= 11 is 11.8. The van der Waals surface area contributed by atoms with E-state index in [1.807, 2.05) is 0 Å². The lowest BCUT2D eigenvalue weighted by Gasteiger charge is -2.31. The zero-order chi connectivity index (χ0) is 27.1. The predicted octanol–water partition coefficient (Wildman–Crippen LogP) is 4.78. The number of halogens is 2. The van der Waals surface area contributed by atoms with Crippen molar-refractivity contribution in [3.63, 3.8) is 0 Å². The molecule has 0 saturated carbocycles. The van der Waals surface area contributed by atoms with Crippen LogP contribution < -0.4 is 9.62 Å². The van der Waals surface area contributed by atoms with Crippen LogP contribution in [0.3, 0.4) is 0 Å². The van der Waals surface area contributed by atoms with Gasteiger partial charge < -0.3 is 5.32 Å². The van der Waals surface area contributed by atoms with Gasteiger partial charge in [0.1, 0.15) is 0 Å². The number of nitrogens with one attached hydrogen (secondary N) is 1. The second-order valence-electron chi connectivity index (χ2n) is 9.27. The summed E-state index contributed by atoms with van der Waals surface area (Å²) in [5, 5.41) is 3.74. The molecule has 0 aromatic heterocycles. The Labute approximate surface area is 232 Å². The normalized spacial score (nSPS) is 18.3. The van der Waals surface area contributed by atoms with E-state index in [4.69, 9.17) is 23.2 Å². The number of sulfonamides is 2. The van der Waals surface area contributed by atoms with Crippen LogP contribution in [0.15, 0.2) is 76.5 Å². The maximum absolute atomic E-state index is 13.3. The molecule has 3 aromatic carbocycles. The zero-order valence-corrected chi connectivity index (χ0v) is 23.3. The topological polar surface area (TPSA) is 104 Å². The van der Waals surface area contributed by atoms with Gasteiger partial charge in [0.15, 0.2) is 0 Å². The quantitative estimate of drug-likeness (QED) is 0.443. The summed E-state index contributed by atoms with van der Waals surface area (Å²) in [6.45, 7) is 0.668. The average molecular weight is 595 g/mol. The van der Waals surface area contributed by atoms with Gasteiger partial charge in [-0.2, -0.15) is 4.31 Å². The number of carbonyl (C=O) groups excluding carboxylic acids is 1. The Morgan fingerprint density at radius 3 is 2.05 bits per heavy atom. The van der Waals surface area contributed by atoms with Crippen molar-refractivity contribution in [2.75, 3.05) is 29.3 Å². The molecular formula is C26H25Cl2N3O5S2. The van der Waals surface area contributed by atoms with Crippen molar-refractivity contribution >= 4 is 60.5 Å². The molecule has 1 fully saturated rings. The van der Waals surface area contributed by atoms with Gasteiger partial charge in [-0.15, -0.1) is 0 Å². The molecule has 2 aliphatic rings. The van der Waals surface area contributed by atoms with Crippen molar-refractivity contribution in [3.05, 3.63) is 82.3 Å². The van der Waals surface area contributed by atoms with Crippen LogP contribution in [-0.4, -0.2) is 46.7 Å². The molecule has 38 heavy (non-hydrogen) atoms. The van der Waals surface area contributed by atoms with Gasteiger partial charge in [-0.25, -0.2) is 16.8 Å². The van der Waals surface area contributed by atoms with E-state index in [9.17, 15) is 21.6 Å². The number of piperidine rings is 1. The van der Waals surface area contributed by atoms with Crippen LogP contribution in [0.2, 0.25) is 10.0 Å². The molecule has 8 nitrogen and oxygen atoms in total. The van der Waals surface area contributed by atoms with Gasteiger partial charge in [0.25, 0.3) is 10.0 Å². The lowest BCUT2D eigenvalue weighted by molar-refractivity contribution is -0.120.